The first-order chi connectivity index (χ1) is 9.58. The molecule has 0 bridgehead atoms. The van der Waals surface area contributed by atoms with E-state index < -0.39 is 0 Å². The van der Waals surface area contributed by atoms with Gasteiger partial charge < -0.3 is 4.98 Å². The molecule has 1 unspecified atom stereocenters. The van der Waals surface area contributed by atoms with E-state index in [0.717, 1.165) is 24.0 Å². The number of H-pyrrole nitrogens is 1. The van der Waals surface area contributed by atoms with Crippen molar-refractivity contribution < 1.29 is 0 Å². The minimum atomic E-state index is -0.0418. The number of rotatable bonds is 2. The summed E-state index contributed by atoms with van der Waals surface area (Å²) in [7, 11) is 0. The molecule has 0 amide bonds. The predicted octanol–water partition coefficient (Wildman–Crippen LogP) is 3.38. The van der Waals surface area contributed by atoms with Gasteiger partial charge in [-0.15, -0.1) is 0 Å². The van der Waals surface area contributed by atoms with Gasteiger partial charge in [-0.2, -0.15) is 0 Å². The molecule has 2 heterocycles. The van der Waals surface area contributed by atoms with Gasteiger partial charge in [-0.1, -0.05) is 11.6 Å². The third-order valence-corrected chi connectivity index (χ3v) is 4.39. The average molecular weight is 294 g/mol. The molecular weight excluding hydrogens is 274 g/mol. The smallest absolute Gasteiger partial charge is 0.305 e. The third-order valence-electron chi connectivity index (χ3n) is 4.15. The average Bonchev–Trinajstić information content (AvgIpc) is 2.73. The highest BCUT2D eigenvalue weighted by Crippen LogP contribution is 2.29. The molecule has 3 rings (SSSR count). The van der Waals surface area contributed by atoms with Gasteiger partial charge in [-0.3, -0.25) is 9.47 Å². The monoisotopic (exact) mass is 293 g/mol. The molecule has 20 heavy (non-hydrogen) atoms. The fourth-order valence-corrected chi connectivity index (χ4v) is 3.39. The van der Waals surface area contributed by atoms with Crippen molar-refractivity contribution in [2.24, 2.45) is 0 Å². The number of halogens is 1. The van der Waals surface area contributed by atoms with Crippen LogP contribution in [0.3, 0.4) is 0 Å². The number of likely N-dealkylation sites (tertiary alicyclic amines) is 1. The van der Waals surface area contributed by atoms with E-state index in [9.17, 15) is 4.79 Å². The van der Waals surface area contributed by atoms with Gasteiger partial charge in [-0.05, 0) is 51.3 Å². The number of fused-ring (bicyclic) bond motifs is 1. The number of nitrogens with zero attached hydrogens (tertiary/aromatic N) is 2. The number of hydrogen-bond donors (Lipinski definition) is 1. The normalized spacial score (nSPS) is 20.9. The van der Waals surface area contributed by atoms with E-state index in [0.29, 0.717) is 11.1 Å². The van der Waals surface area contributed by atoms with Crippen molar-refractivity contribution >= 4 is 22.6 Å². The summed E-state index contributed by atoms with van der Waals surface area (Å²) in [5, 5.41) is 0.648. The van der Waals surface area contributed by atoms with Gasteiger partial charge >= 0.3 is 5.69 Å². The second-order valence-corrected chi connectivity index (χ2v) is 6.21. The largest absolute Gasteiger partial charge is 0.327 e. The van der Waals surface area contributed by atoms with Crippen LogP contribution in [0, 0.1) is 0 Å². The summed E-state index contributed by atoms with van der Waals surface area (Å²) in [6.45, 7) is 5.43. The molecule has 2 aromatic rings. The molecule has 1 fully saturated rings. The number of aromatic nitrogens is 2. The standard InChI is InChI=1S/C15H20ClN3O/c1-10(2)18-8-4-3-5-14(18)19-13-7-6-11(16)9-12(13)17-15(19)20/h6-7,9-10,14H,3-5,8H2,1-2H3,(H,17,20). The topological polar surface area (TPSA) is 41.0 Å². The van der Waals surface area contributed by atoms with Gasteiger partial charge in [0.15, 0.2) is 0 Å². The second-order valence-electron chi connectivity index (χ2n) is 5.77. The van der Waals surface area contributed by atoms with Crippen LogP contribution in [0.4, 0.5) is 0 Å². The van der Waals surface area contributed by atoms with E-state index in [1.165, 1.54) is 12.8 Å². The van der Waals surface area contributed by atoms with Crippen molar-refractivity contribution in [2.45, 2.75) is 45.3 Å². The summed E-state index contributed by atoms with van der Waals surface area (Å²) >= 11 is 6.00. The number of aromatic amines is 1. The molecule has 1 aliphatic rings. The van der Waals surface area contributed by atoms with Crippen molar-refractivity contribution in [3.05, 3.63) is 33.7 Å². The number of piperidine rings is 1. The van der Waals surface area contributed by atoms with Crippen LogP contribution in [-0.2, 0) is 0 Å². The van der Waals surface area contributed by atoms with Gasteiger partial charge in [0.2, 0.25) is 0 Å². The van der Waals surface area contributed by atoms with Crippen LogP contribution in [0.5, 0.6) is 0 Å². The van der Waals surface area contributed by atoms with Crippen LogP contribution in [0.2, 0.25) is 5.02 Å². The maximum absolute atomic E-state index is 12.4. The van der Waals surface area contributed by atoms with Crippen molar-refractivity contribution in [3.8, 4) is 0 Å². The van der Waals surface area contributed by atoms with Crippen molar-refractivity contribution in [2.75, 3.05) is 6.54 Å². The first-order valence-corrected chi connectivity index (χ1v) is 7.61. The second kappa shape index (κ2) is 5.26. The Morgan fingerprint density at radius 1 is 1.35 bits per heavy atom. The Hall–Kier alpha value is -1.26. The first-order valence-electron chi connectivity index (χ1n) is 7.23. The molecule has 0 aliphatic carbocycles. The SMILES string of the molecule is CC(C)N1CCCCC1n1c(=O)[nH]c2cc(Cl)ccc21. The fraction of sp³-hybridized carbons (Fsp3) is 0.533. The van der Waals surface area contributed by atoms with E-state index in [4.69, 9.17) is 11.6 Å². The Balaban J connectivity index is 2.12. The quantitative estimate of drug-likeness (QED) is 0.922. The lowest BCUT2D eigenvalue weighted by Crippen LogP contribution is -2.43. The van der Waals surface area contributed by atoms with Crippen molar-refractivity contribution in [3.63, 3.8) is 0 Å². The summed E-state index contributed by atoms with van der Waals surface area (Å²) in [6.07, 6.45) is 3.54. The lowest BCUT2D eigenvalue weighted by molar-refractivity contribution is 0.0649. The van der Waals surface area contributed by atoms with Crippen LogP contribution in [0.25, 0.3) is 11.0 Å². The van der Waals surface area contributed by atoms with Gasteiger partial charge in [0, 0.05) is 17.6 Å². The molecule has 1 aromatic carbocycles. The highest BCUT2D eigenvalue weighted by molar-refractivity contribution is 6.31. The van der Waals surface area contributed by atoms with Gasteiger partial charge in [0.25, 0.3) is 0 Å². The summed E-state index contributed by atoms with van der Waals surface area (Å²) in [5.74, 6) is 0. The lowest BCUT2D eigenvalue weighted by Gasteiger charge is -2.39. The molecule has 0 radical (unpaired) electrons. The van der Waals surface area contributed by atoms with Crippen LogP contribution in [0.1, 0.15) is 39.3 Å². The van der Waals surface area contributed by atoms with E-state index >= 15 is 0 Å². The Kier molecular flexibility index (Phi) is 3.61. The molecule has 5 heteroatoms. The Bertz CT molecular complexity index is 673. The summed E-state index contributed by atoms with van der Waals surface area (Å²) < 4.78 is 1.89. The van der Waals surface area contributed by atoms with Crippen LogP contribution >= 0.6 is 11.6 Å². The highest BCUT2D eigenvalue weighted by atomic mass is 35.5. The zero-order valence-corrected chi connectivity index (χ0v) is 12.7. The van der Waals surface area contributed by atoms with Crippen LogP contribution in [0.15, 0.2) is 23.0 Å². The molecule has 108 valence electrons. The van der Waals surface area contributed by atoms with Gasteiger partial charge in [0.05, 0.1) is 17.2 Å². The van der Waals surface area contributed by atoms with Crippen LogP contribution < -0.4 is 5.69 Å². The molecule has 1 atom stereocenters. The fourth-order valence-electron chi connectivity index (χ4n) is 3.22. The molecule has 1 N–H and O–H groups in total. The minimum Gasteiger partial charge on any atom is -0.305 e. The third kappa shape index (κ3) is 2.27. The Morgan fingerprint density at radius 3 is 2.90 bits per heavy atom. The molecule has 1 saturated heterocycles. The molecular formula is C15H20ClN3O. The number of hydrogen-bond acceptors (Lipinski definition) is 2. The molecule has 0 spiro atoms. The molecule has 1 aliphatic heterocycles. The zero-order valence-electron chi connectivity index (χ0n) is 11.9. The van der Waals surface area contributed by atoms with Gasteiger partial charge in [0.1, 0.15) is 0 Å². The van der Waals surface area contributed by atoms with E-state index in [2.05, 4.69) is 23.7 Å². The highest BCUT2D eigenvalue weighted by Gasteiger charge is 2.28. The minimum absolute atomic E-state index is 0.0418. The number of imidazole rings is 1. The summed E-state index contributed by atoms with van der Waals surface area (Å²) in [5.41, 5.74) is 1.72. The maximum atomic E-state index is 12.4. The maximum Gasteiger partial charge on any atom is 0.327 e. The summed E-state index contributed by atoms with van der Waals surface area (Å²) in [4.78, 5) is 17.7. The molecule has 1 aromatic heterocycles. The van der Waals surface area contributed by atoms with Gasteiger partial charge in [-0.25, -0.2) is 4.79 Å². The van der Waals surface area contributed by atoms with E-state index in [1.54, 1.807) is 0 Å². The lowest BCUT2D eigenvalue weighted by atomic mass is 10.1. The van der Waals surface area contributed by atoms with Crippen molar-refractivity contribution in [1.29, 1.82) is 0 Å². The summed E-state index contributed by atoms with van der Waals surface area (Å²) in [6, 6.07) is 6.03. The first kappa shape index (κ1) is 13.7. The molecule has 0 saturated carbocycles. The Morgan fingerprint density at radius 2 is 2.15 bits per heavy atom. The predicted molar refractivity (Wildman–Crippen MR) is 82.3 cm³/mol. The number of nitrogens with one attached hydrogen (secondary N) is 1. The van der Waals surface area contributed by atoms with E-state index in [-0.39, 0.29) is 11.9 Å². The van der Waals surface area contributed by atoms with E-state index in [1.807, 2.05) is 22.8 Å². The Labute approximate surface area is 123 Å². The number of benzene rings is 1. The van der Waals surface area contributed by atoms with Crippen LogP contribution in [-0.4, -0.2) is 27.0 Å². The molecule has 4 nitrogen and oxygen atoms in total. The zero-order chi connectivity index (χ0) is 14.3. The van der Waals surface area contributed by atoms with Crippen molar-refractivity contribution in [1.82, 2.24) is 14.5 Å².